The van der Waals surface area contributed by atoms with Crippen LogP contribution in [0.4, 0.5) is 4.79 Å². The minimum Gasteiger partial charge on any atom is -0.465 e. The van der Waals surface area contributed by atoms with Gasteiger partial charge in [-0.3, -0.25) is 0 Å². The van der Waals surface area contributed by atoms with Gasteiger partial charge in [0, 0.05) is 13.5 Å². The number of carbonyl (C=O) groups excluding carboxylic acids is 2. The van der Waals surface area contributed by atoms with Crippen LogP contribution in [-0.2, 0) is 69.1 Å². The zero-order valence-corrected chi connectivity index (χ0v) is 32.3. The lowest BCUT2D eigenvalue weighted by molar-refractivity contribution is -0.315. The molecule has 5 rings (SSSR count). The largest absolute Gasteiger partial charge is 0.465 e. The first-order valence-corrected chi connectivity index (χ1v) is 18.5. The van der Waals surface area contributed by atoms with Crippen molar-refractivity contribution < 1.29 is 47.5 Å². The summed E-state index contributed by atoms with van der Waals surface area (Å²) < 4.78 is 50.1. The van der Waals surface area contributed by atoms with Gasteiger partial charge in [-0.05, 0) is 43.0 Å². The molecule has 1 aliphatic heterocycles. The summed E-state index contributed by atoms with van der Waals surface area (Å²) >= 11 is 0. The van der Waals surface area contributed by atoms with Crippen molar-refractivity contribution in [3.63, 3.8) is 0 Å². The maximum Gasteiger partial charge on any atom is 0.408 e. The maximum atomic E-state index is 13.7. The van der Waals surface area contributed by atoms with Crippen molar-refractivity contribution in [1.29, 1.82) is 0 Å². The van der Waals surface area contributed by atoms with Crippen LogP contribution in [-0.4, -0.2) is 74.7 Å². The molecule has 0 spiro atoms. The Labute approximate surface area is 324 Å². The van der Waals surface area contributed by atoms with Crippen LogP contribution in [0.2, 0.25) is 0 Å². The van der Waals surface area contributed by atoms with E-state index in [9.17, 15) is 9.59 Å². The number of carbonyl (C=O) groups is 2. The van der Waals surface area contributed by atoms with Gasteiger partial charge < -0.3 is 43.2 Å². The topological polar surface area (TPSA) is 120 Å². The first kappa shape index (κ1) is 41.5. The number of rotatable bonds is 18. The molecule has 1 N–H and O–H groups in total. The van der Waals surface area contributed by atoms with E-state index in [4.69, 9.17) is 37.9 Å². The average Bonchev–Trinajstić information content (AvgIpc) is 3.20. The Morgan fingerprint density at radius 1 is 0.727 bits per heavy atom. The van der Waals surface area contributed by atoms with Crippen molar-refractivity contribution >= 4 is 12.1 Å². The first-order chi connectivity index (χ1) is 26.6. The lowest BCUT2D eigenvalue weighted by Crippen LogP contribution is -2.69. The number of benzene rings is 4. The average molecular weight is 756 g/mol. The first-order valence-electron chi connectivity index (χ1n) is 18.5. The minimum atomic E-state index is -1.93. The van der Waals surface area contributed by atoms with Gasteiger partial charge in [0.05, 0.1) is 52.3 Å². The fraction of sp³-hybridized carbons (Fsp3) is 0.409. The minimum absolute atomic E-state index is 0.0634. The summed E-state index contributed by atoms with van der Waals surface area (Å²) in [5, 5.41) is 3.02. The van der Waals surface area contributed by atoms with Crippen LogP contribution < -0.4 is 5.32 Å². The van der Waals surface area contributed by atoms with Crippen LogP contribution in [0, 0.1) is 0 Å². The van der Waals surface area contributed by atoms with E-state index < -0.39 is 53.9 Å². The number of esters is 1. The number of hydrogen-bond donors (Lipinski definition) is 1. The van der Waals surface area contributed by atoms with Crippen LogP contribution in [0.5, 0.6) is 0 Å². The van der Waals surface area contributed by atoms with Crippen LogP contribution in [0.3, 0.4) is 0 Å². The summed E-state index contributed by atoms with van der Waals surface area (Å²) in [4.78, 5) is 27.3. The van der Waals surface area contributed by atoms with E-state index in [1.807, 2.05) is 121 Å². The van der Waals surface area contributed by atoms with Gasteiger partial charge in [-0.2, -0.15) is 0 Å². The lowest BCUT2D eigenvalue weighted by Gasteiger charge is -2.49. The smallest absolute Gasteiger partial charge is 0.408 e. The van der Waals surface area contributed by atoms with Crippen molar-refractivity contribution in [3.8, 4) is 0 Å². The molecule has 0 aromatic heterocycles. The SMILES string of the molecule is COC(=O)[C@@]1(OC)C[C@H](OCc2ccccc2)[C@@H](NC(=O)OC(C)(C)C)[C@H]([C@H](OCc2ccccc2)[C@@H](COCc2ccccc2)OCc2ccccc2)O1. The van der Waals surface area contributed by atoms with Gasteiger partial charge in [0.1, 0.15) is 23.9 Å². The number of ether oxygens (including phenoxy) is 8. The molecule has 55 heavy (non-hydrogen) atoms. The molecule has 0 unspecified atom stereocenters. The summed E-state index contributed by atoms with van der Waals surface area (Å²) in [6.07, 6.45) is -4.61. The molecule has 0 radical (unpaired) electrons. The third-order valence-corrected chi connectivity index (χ3v) is 9.04. The van der Waals surface area contributed by atoms with E-state index in [1.54, 1.807) is 20.8 Å². The van der Waals surface area contributed by atoms with Crippen LogP contribution in [0.25, 0.3) is 0 Å². The molecular weight excluding hydrogens is 702 g/mol. The molecule has 11 nitrogen and oxygen atoms in total. The molecule has 1 aliphatic rings. The molecule has 1 fully saturated rings. The van der Waals surface area contributed by atoms with E-state index in [0.29, 0.717) is 6.61 Å². The van der Waals surface area contributed by atoms with Gasteiger partial charge in [0.2, 0.25) is 0 Å². The highest BCUT2D eigenvalue weighted by Crippen LogP contribution is 2.37. The van der Waals surface area contributed by atoms with Gasteiger partial charge in [0.15, 0.2) is 0 Å². The zero-order valence-electron chi connectivity index (χ0n) is 32.3. The summed E-state index contributed by atoms with van der Waals surface area (Å²) in [6, 6.07) is 37.8. The van der Waals surface area contributed by atoms with Gasteiger partial charge in [-0.1, -0.05) is 121 Å². The highest BCUT2D eigenvalue weighted by Gasteiger charge is 2.57. The Kier molecular flexibility index (Phi) is 15.4. The fourth-order valence-electron chi connectivity index (χ4n) is 6.34. The molecular formula is C44H53NO10. The quantitative estimate of drug-likeness (QED) is 0.105. The molecule has 0 aliphatic carbocycles. The Balaban J connectivity index is 1.59. The second-order valence-electron chi connectivity index (χ2n) is 14.3. The van der Waals surface area contributed by atoms with E-state index in [0.717, 1.165) is 22.3 Å². The molecule has 0 bridgehead atoms. The van der Waals surface area contributed by atoms with Crippen LogP contribution in [0.1, 0.15) is 49.4 Å². The van der Waals surface area contributed by atoms with E-state index >= 15 is 0 Å². The molecule has 0 saturated carbocycles. The van der Waals surface area contributed by atoms with Crippen LogP contribution in [0.15, 0.2) is 121 Å². The van der Waals surface area contributed by atoms with Gasteiger partial charge in [-0.25, -0.2) is 9.59 Å². The summed E-state index contributed by atoms with van der Waals surface area (Å²) in [6.45, 7) is 6.22. The number of alkyl carbamates (subject to hydrolysis) is 1. The molecule has 11 heteroatoms. The van der Waals surface area contributed by atoms with Crippen molar-refractivity contribution in [2.24, 2.45) is 0 Å². The zero-order chi connectivity index (χ0) is 39.1. The maximum absolute atomic E-state index is 13.7. The molecule has 6 atom stereocenters. The van der Waals surface area contributed by atoms with E-state index in [2.05, 4.69) is 5.32 Å². The second kappa shape index (κ2) is 20.3. The second-order valence-corrected chi connectivity index (χ2v) is 14.3. The predicted molar refractivity (Wildman–Crippen MR) is 206 cm³/mol. The van der Waals surface area contributed by atoms with Crippen molar-refractivity contribution in [2.45, 2.75) is 95.5 Å². The normalized spacial score (nSPS) is 20.9. The molecule has 4 aromatic rings. The summed E-state index contributed by atoms with van der Waals surface area (Å²) in [5.41, 5.74) is 2.86. The molecule has 1 heterocycles. The molecule has 294 valence electrons. The molecule has 1 amide bonds. The summed E-state index contributed by atoms with van der Waals surface area (Å²) in [5.74, 6) is -2.70. The highest BCUT2D eigenvalue weighted by molar-refractivity contribution is 5.78. The van der Waals surface area contributed by atoms with Crippen LogP contribution >= 0.6 is 0 Å². The predicted octanol–water partition coefficient (Wildman–Crippen LogP) is 7.16. The third kappa shape index (κ3) is 12.4. The fourth-order valence-corrected chi connectivity index (χ4v) is 6.34. The third-order valence-electron chi connectivity index (χ3n) is 9.04. The number of methoxy groups -OCH3 is 2. The summed E-state index contributed by atoms with van der Waals surface area (Å²) in [7, 11) is 2.63. The standard InChI is InChI=1S/C44H53NO10/c1-43(2,3)55-42(47)45-38-36(51-28-33-20-12-7-13-21-33)26-44(49-5,41(46)48-4)54-40(38)39(53-30-35-24-16-9-17-25-35)37(52-29-34-22-14-8-15-23-34)31-50-27-32-18-10-6-11-19-32/h6-25,36-40H,26-31H2,1-5H3,(H,45,47)/t36-,37+,38+,39+,40+,44+/m0/s1. The van der Waals surface area contributed by atoms with Gasteiger partial charge >= 0.3 is 12.1 Å². The molecule has 4 aromatic carbocycles. The highest BCUT2D eigenvalue weighted by atomic mass is 16.7. The number of nitrogens with one attached hydrogen (secondary N) is 1. The van der Waals surface area contributed by atoms with Crippen molar-refractivity contribution in [3.05, 3.63) is 144 Å². The molecule has 1 saturated heterocycles. The monoisotopic (exact) mass is 755 g/mol. The van der Waals surface area contributed by atoms with Gasteiger partial charge in [-0.15, -0.1) is 0 Å². The van der Waals surface area contributed by atoms with E-state index in [-0.39, 0.29) is 32.8 Å². The number of hydrogen-bond acceptors (Lipinski definition) is 10. The lowest BCUT2D eigenvalue weighted by atomic mass is 9.88. The Morgan fingerprint density at radius 2 is 1.22 bits per heavy atom. The van der Waals surface area contributed by atoms with Crippen molar-refractivity contribution in [1.82, 2.24) is 5.32 Å². The van der Waals surface area contributed by atoms with E-state index in [1.165, 1.54) is 14.2 Å². The van der Waals surface area contributed by atoms with Gasteiger partial charge in [0.25, 0.3) is 5.79 Å². The Hall–Kier alpha value is -4.62. The van der Waals surface area contributed by atoms with Crippen molar-refractivity contribution in [2.75, 3.05) is 20.8 Å². The Morgan fingerprint density at radius 3 is 1.71 bits per heavy atom. The number of amides is 1. The Bertz CT molecular complexity index is 1720.